The highest BCUT2D eigenvalue weighted by molar-refractivity contribution is 5.91. The van der Waals surface area contributed by atoms with E-state index < -0.39 is 36.0 Å². The molecular formula is C27H29FN2O8. The van der Waals surface area contributed by atoms with Crippen LogP contribution >= 0.6 is 0 Å². The van der Waals surface area contributed by atoms with Crippen molar-refractivity contribution in [3.8, 4) is 5.75 Å². The normalized spacial score (nSPS) is 19.1. The lowest BCUT2D eigenvalue weighted by atomic mass is 10.00. The van der Waals surface area contributed by atoms with Crippen molar-refractivity contribution in [3.05, 3.63) is 66.5 Å². The van der Waals surface area contributed by atoms with Crippen LogP contribution in [0.15, 0.2) is 55.1 Å². The Labute approximate surface area is 219 Å². The van der Waals surface area contributed by atoms with Crippen molar-refractivity contribution in [2.75, 3.05) is 56.4 Å². The average molecular weight is 529 g/mol. The van der Waals surface area contributed by atoms with E-state index >= 15 is 4.39 Å². The fourth-order valence-electron chi connectivity index (χ4n) is 4.33. The molecule has 0 radical (unpaired) electrons. The first-order valence-corrected chi connectivity index (χ1v) is 12.1. The summed E-state index contributed by atoms with van der Waals surface area (Å²) in [6.07, 6.45) is -0.762. The van der Waals surface area contributed by atoms with Gasteiger partial charge in [0.25, 0.3) is 0 Å². The molecule has 2 aromatic rings. The number of hydrogen-bond donors (Lipinski definition) is 0. The predicted octanol–water partition coefficient (Wildman–Crippen LogP) is 3.40. The lowest BCUT2D eigenvalue weighted by molar-refractivity contribution is -0.149. The quantitative estimate of drug-likeness (QED) is 0.261. The average Bonchev–Trinajstić information content (AvgIpc) is 3.27. The van der Waals surface area contributed by atoms with E-state index in [4.69, 9.17) is 23.7 Å². The monoisotopic (exact) mass is 528 g/mol. The maximum atomic E-state index is 15.2. The molecule has 2 aliphatic rings. The number of methoxy groups -OCH3 is 1. The van der Waals surface area contributed by atoms with Crippen molar-refractivity contribution in [1.82, 2.24) is 0 Å². The van der Waals surface area contributed by atoms with Crippen molar-refractivity contribution in [2.45, 2.75) is 18.6 Å². The molecule has 2 heterocycles. The third-order valence-electron chi connectivity index (χ3n) is 6.22. The Bertz CT molecular complexity index is 1170. The fraction of sp³-hybridized carbons (Fsp3) is 0.370. The lowest BCUT2D eigenvalue weighted by Gasteiger charge is -2.30. The van der Waals surface area contributed by atoms with E-state index in [1.807, 2.05) is 4.90 Å². The van der Waals surface area contributed by atoms with E-state index in [1.165, 1.54) is 18.1 Å². The highest BCUT2D eigenvalue weighted by atomic mass is 19.1. The number of nitrogens with zero attached hydrogens (tertiary/aromatic N) is 2. The van der Waals surface area contributed by atoms with Crippen LogP contribution in [0.3, 0.4) is 0 Å². The first-order valence-electron chi connectivity index (χ1n) is 12.1. The van der Waals surface area contributed by atoms with Gasteiger partial charge in [-0.2, -0.15) is 0 Å². The van der Waals surface area contributed by atoms with Gasteiger partial charge >= 0.3 is 18.0 Å². The number of halogens is 1. The number of cyclic esters (lactones) is 1. The second-order valence-corrected chi connectivity index (χ2v) is 8.55. The molecule has 0 unspecified atom stereocenters. The Morgan fingerprint density at radius 1 is 1.13 bits per heavy atom. The van der Waals surface area contributed by atoms with Gasteiger partial charge < -0.3 is 28.6 Å². The Morgan fingerprint density at radius 2 is 1.87 bits per heavy atom. The summed E-state index contributed by atoms with van der Waals surface area (Å²) in [7, 11) is 1.54. The third-order valence-corrected chi connectivity index (χ3v) is 6.22. The zero-order valence-electron chi connectivity index (χ0n) is 21.0. The molecule has 0 aromatic heterocycles. The van der Waals surface area contributed by atoms with E-state index in [2.05, 4.69) is 6.58 Å². The minimum Gasteiger partial charge on any atom is -0.497 e. The van der Waals surface area contributed by atoms with Crippen molar-refractivity contribution in [2.24, 2.45) is 0 Å². The summed E-state index contributed by atoms with van der Waals surface area (Å²) in [6.45, 7) is 5.02. The largest absolute Gasteiger partial charge is 0.497 e. The molecule has 2 fully saturated rings. The zero-order valence-corrected chi connectivity index (χ0v) is 21.0. The van der Waals surface area contributed by atoms with E-state index in [9.17, 15) is 14.4 Å². The van der Waals surface area contributed by atoms with Gasteiger partial charge in [-0.05, 0) is 35.9 Å². The van der Waals surface area contributed by atoms with Gasteiger partial charge in [-0.25, -0.2) is 14.0 Å². The highest BCUT2D eigenvalue weighted by Crippen LogP contribution is 2.39. The molecule has 11 heteroatoms. The molecule has 202 valence electrons. The van der Waals surface area contributed by atoms with Crippen LogP contribution in [0.4, 0.5) is 20.6 Å². The van der Waals surface area contributed by atoms with Crippen LogP contribution in [0, 0.1) is 5.82 Å². The Balaban J connectivity index is 1.54. The molecule has 0 N–H and O–H groups in total. The summed E-state index contributed by atoms with van der Waals surface area (Å²) < 4.78 is 41.5. The number of carbonyl (C=O) groups is 3. The Kier molecular flexibility index (Phi) is 8.80. The molecule has 0 saturated carbocycles. The highest BCUT2D eigenvalue weighted by Gasteiger charge is 2.44. The summed E-state index contributed by atoms with van der Waals surface area (Å²) in [5.41, 5.74) is 1.40. The van der Waals surface area contributed by atoms with Crippen LogP contribution in [0.1, 0.15) is 18.0 Å². The number of morpholine rings is 1. The fourth-order valence-corrected chi connectivity index (χ4v) is 4.33. The SMILES string of the molecule is C=CC(=O)OCCC(=O)OC[C@H]1OC(=O)N(c2ccc(N3CCOCC3)c(F)c2)[C@@H]1c1ccc(OC)cc1. The summed E-state index contributed by atoms with van der Waals surface area (Å²) in [4.78, 5) is 39.6. The van der Waals surface area contributed by atoms with Crippen LogP contribution in [-0.2, 0) is 28.5 Å². The molecule has 2 saturated heterocycles. The van der Waals surface area contributed by atoms with Gasteiger partial charge in [0.15, 0.2) is 6.10 Å². The standard InChI is InChI=1S/C27H29FN2O8/c1-3-24(31)36-13-10-25(32)37-17-23-26(18-4-7-20(34-2)8-5-18)30(27(33)38-23)19-6-9-22(21(28)16-19)29-11-14-35-15-12-29/h3-9,16,23,26H,1,10-15,17H2,2H3/t23-,26-/m1/s1. The molecule has 0 aliphatic carbocycles. The van der Waals surface area contributed by atoms with Gasteiger partial charge in [-0.15, -0.1) is 0 Å². The number of anilines is 2. The van der Waals surface area contributed by atoms with Crippen molar-refractivity contribution in [1.29, 1.82) is 0 Å². The lowest BCUT2D eigenvalue weighted by Crippen LogP contribution is -2.37. The first kappa shape index (κ1) is 26.9. The molecule has 0 spiro atoms. The number of esters is 2. The summed E-state index contributed by atoms with van der Waals surface area (Å²) >= 11 is 0. The summed E-state index contributed by atoms with van der Waals surface area (Å²) in [5.74, 6) is -1.14. The van der Waals surface area contributed by atoms with E-state index in [1.54, 1.807) is 36.4 Å². The van der Waals surface area contributed by atoms with Crippen LogP contribution in [0.5, 0.6) is 5.75 Å². The minimum atomic E-state index is -0.877. The summed E-state index contributed by atoms with van der Waals surface area (Å²) in [6, 6.07) is 10.9. The predicted molar refractivity (Wildman–Crippen MR) is 135 cm³/mol. The molecule has 2 aromatic carbocycles. The molecule has 2 aliphatic heterocycles. The number of carbonyl (C=O) groups excluding carboxylic acids is 3. The van der Waals surface area contributed by atoms with Gasteiger partial charge in [0.1, 0.15) is 30.8 Å². The third kappa shape index (κ3) is 6.23. The van der Waals surface area contributed by atoms with E-state index in [0.717, 1.165) is 6.08 Å². The van der Waals surface area contributed by atoms with Gasteiger partial charge in [-0.1, -0.05) is 18.7 Å². The van der Waals surface area contributed by atoms with Gasteiger partial charge in [0.05, 0.1) is 38.1 Å². The van der Waals surface area contributed by atoms with Crippen LogP contribution < -0.4 is 14.5 Å². The number of rotatable bonds is 10. The smallest absolute Gasteiger partial charge is 0.415 e. The molecule has 2 atom stereocenters. The molecule has 1 amide bonds. The number of amides is 1. The van der Waals surface area contributed by atoms with Gasteiger partial charge in [0.2, 0.25) is 0 Å². The van der Waals surface area contributed by atoms with Crippen LogP contribution in [0.25, 0.3) is 0 Å². The van der Waals surface area contributed by atoms with E-state index in [0.29, 0.717) is 49.0 Å². The molecule has 4 rings (SSSR count). The number of benzene rings is 2. The van der Waals surface area contributed by atoms with Crippen molar-refractivity contribution >= 4 is 29.4 Å². The van der Waals surface area contributed by atoms with Crippen LogP contribution in [0.2, 0.25) is 0 Å². The van der Waals surface area contributed by atoms with Crippen molar-refractivity contribution in [3.63, 3.8) is 0 Å². The maximum absolute atomic E-state index is 15.2. The number of ether oxygens (including phenoxy) is 5. The van der Waals surface area contributed by atoms with Gasteiger partial charge in [0, 0.05) is 19.2 Å². The Morgan fingerprint density at radius 3 is 2.53 bits per heavy atom. The molecular weight excluding hydrogens is 499 g/mol. The maximum Gasteiger partial charge on any atom is 0.415 e. The Hall–Kier alpha value is -4.12. The topological polar surface area (TPSA) is 104 Å². The van der Waals surface area contributed by atoms with Crippen LogP contribution in [-0.4, -0.2) is 70.8 Å². The summed E-state index contributed by atoms with van der Waals surface area (Å²) in [5, 5.41) is 0. The molecule has 0 bridgehead atoms. The zero-order chi connectivity index (χ0) is 27.1. The van der Waals surface area contributed by atoms with Crippen molar-refractivity contribution < 1.29 is 42.5 Å². The molecule has 38 heavy (non-hydrogen) atoms. The van der Waals surface area contributed by atoms with Gasteiger partial charge in [-0.3, -0.25) is 9.69 Å². The van der Waals surface area contributed by atoms with E-state index in [-0.39, 0.29) is 19.6 Å². The molecule has 10 nitrogen and oxygen atoms in total. The number of hydrogen-bond acceptors (Lipinski definition) is 9. The first-order chi connectivity index (χ1) is 18.4. The second kappa shape index (κ2) is 12.4. The second-order valence-electron chi connectivity index (χ2n) is 8.55. The minimum absolute atomic E-state index is 0.170.